The van der Waals surface area contributed by atoms with Crippen molar-refractivity contribution < 1.29 is 23.8 Å². The smallest absolute Gasteiger partial charge is 0.331 e. The van der Waals surface area contributed by atoms with Gasteiger partial charge in [0.15, 0.2) is 0 Å². The molecule has 132 valence electrons. The van der Waals surface area contributed by atoms with Crippen LogP contribution in [0.2, 0.25) is 0 Å². The third-order valence-corrected chi connectivity index (χ3v) is 3.95. The average Bonchev–Trinajstić information content (AvgIpc) is 2.55. The van der Waals surface area contributed by atoms with E-state index >= 15 is 0 Å². The number of nitrogens with zero attached hydrogens (tertiary/aromatic N) is 1. The van der Waals surface area contributed by atoms with Crippen molar-refractivity contribution in [2.24, 2.45) is 11.8 Å². The molecule has 0 bridgehead atoms. The van der Waals surface area contributed by atoms with E-state index in [-0.39, 0.29) is 0 Å². The Labute approximate surface area is 138 Å². The van der Waals surface area contributed by atoms with Gasteiger partial charge in [0.2, 0.25) is 0 Å². The van der Waals surface area contributed by atoms with Gasteiger partial charge >= 0.3 is 11.9 Å². The van der Waals surface area contributed by atoms with Crippen LogP contribution in [-0.4, -0.2) is 62.9 Å². The highest BCUT2D eigenvalue weighted by Crippen LogP contribution is 2.09. The van der Waals surface area contributed by atoms with Crippen molar-refractivity contribution in [1.82, 2.24) is 4.90 Å². The quantitative estimate of drug-likeness (QED) is 0.364. The third-order valence-electron chi connectivity index (χ3n) is 3.95. The maximum Gasteiger partial charge on any atom is 0.331 e. The summed E-state index contributed by atoms with van der Waals surface area (Å²) < 4.78 is 15.4. The van der Waals surface area contributed by atoms with Gasteiger partial charge in [-0.15, -0.1) is 0 Å². The Morgan fingerprint density at radius 1 is 1.09 bits per heavy atom. The van der Waals surface area contributed by atoms with Crippen molar-refractivity contribution in [3.63, 3.8) is 0 Å². The molecule has 1 aliphatic rings. The van der Waals surface area contributed by atoms with E-state index in [2.05, 4.69) is 18.7 Å². The fourth-order valence-corrected chi connectivity index (χ4v) is 1.92. The van der Waals surface area contributed by atoms with E-state index < -0.39 is 11.9 Å². The number of hydrogen-bond acceptors (Lipinski definition) is 6. The highest BCUT2D eigenvalue weighted by molar-refractivity contribution is 5.91. The second kappa shape index (κ2) is 11.2. The molecule has 1 fully saturated rings. The van der Waals surface area contributed by atoms with Crippen LogP contribution in [0, 0.1) is 11.8 Å². The molecule has 1 unspecified atom stereocenters. The molecule has 1 aliphatic heterocycles. The Bertz CT molecular complexity index is 388. The Morgan fingerprint density at radius 2 is 1.70 bits per heavy atom. The molecule has 0 aliphatic carbocycles. The number of esters is 2. The molecule has 1 rings (SSSR count). The Kier molecular flexibility index (Phi) is 9.55. The standard InChI is InChI=1S/C17H29NO5/c1-14(2)15(3)13-23-17(20)6-5-16(19)22-10-4-7-18-8-11-21-12-9-18/h5-6,14-15H,4,7-13H2,1-3H3/b6-5+. The van der Waals surface area contributed by atoms with E-state index in [4.69, 9.17) is 14.2 Å². The normalized spacial score (nSPS) is 17.4. The fraction of sp³-hybridized carbons (Fsp3) is 0.765. The van der Waals surface area contributed by atoms with Crippen LogP contribution in [0.3, 0.4) is 0 Å². The van der Waals surface area contributed by atoms with Gasteiger partial charge in [-0.3, -0.25) is 4.90 Å². The molecule has 1 heterocycles. The lowest BCUT2D eigenvalue weighted by Crippen LogP contribution is -2.37. The predicted octanol–water partition coefficient (Wildman–Crippen LogP) is 1.64. The lowest BCUT2D eigenvalue weighted by Gasteiger charge is -2.26. The molecule has 0 amide bonds. The van der Waals surface area contributed by atoms with Gasteiger partial charge in [0, 0.05) is 31.8 Å². The topological polar surface area (TPSA) is 65.1 Å². The monoisotopic (exact) mass is 327 g/mol. The van der Waals surface area contributed by atoms with Crippen molar-refractivity contribution >= 4 is 11.9 Å². The molecule has 6 nitrogen and oxygen atoms in total. The molecule has 0 aromatic carbocycles. The molecule has 1 atom stereocenters. The summed E-state index contributed by atoms with van der Waals surface area (Å²) in [6, 6.07) is 0. The molecule has 1 saturated heterocycles. The Morgan fingerprint density at radius 3 is 2.30 bits per heavy atom. The molecule has 0 aromatic rings. The van der Waals surface area contributed by atoms with Gasteiger partial charge in [0.05, 0.1) is 26.4 Å². The maximum absolute atomic E-state index is 11.5. The molecule has 0 spiro atoms. The van der Waals surface area contributed by atoms with E-state index in [9.17, 15) is 9.59 Å². The maximum atomic E-state index is 11.5. The first kappa shape index (κ1) is 19.6. The van der Waals surface area contributed by atoms with Crippen LogP contribution in [-0.2, 0) is 23.8 Å². The first-order chi connectivity index (χ1) is 11.0. The molecular formula is C17H29NO5. The van der Waals surface area contributed by atoms with Gasteiger partial charge in [-0.25, -0.2) is 9.59 Å². The molecule has 0 radical (unpaired) electrons. The highest BCUT2D eigenvalue weighted by Gasteiger charge is 2.11. The zero-order chi connectivity index (χ0) is 17.1. The van der Waals surface area contributed by atoms with Crippen LogP contribution in [0.25, 0.3) is 0 Å². The van der Waals surface area contributed by atoms with Crippen LogP contribution in [0.1, 0.15) is 27.2 Å². The summed E-state index contributed by atoms with van der Waals surface area (Å²) in [5.74, 6) is -0.286. The number of carbonyl (C=O) groups excluding carboxylic acids is 2. The molecular weight excluding hydrogens is 298 g/mol. The minimum absolute atomic E-state index is 0.291. The van der Waals surface area contributed by atoms with Crippen molar-refractivity contribution in [3.8, 4) is 0 Å². The first-order valence-electron chi connectivity index (χ1n) is 8.30. The Hall–Kier alpha value is -1.40. The van der Waals surface area contributed by atoms with Gasteiger partial charge in [-0.05, 0) is 18.3 Å². The number of carbonyl (C=O) groups is 2. The summed E-state index contributed by atoms with van der Waals surface area (Å²) in [7, 11) is 0. The molecule has 23 heavy (non-hydrogen) atoms. The summed E-state index contributed by atoms with van der Waals surface area (Å²) in [5.41, 5.74) is 0. The van der Waals surface area contributed by atoms with E-state index in [1.807, 2.05) is 6.92 Å². The van der Waals surface area contributed by atoms with Crippen LogP contribution >= 0.6 is 0 Å². The minimum Gasteiger partial charge on any atom is -0.462 e. The third kappa shape index (κ3) is 9.36. The van der Waals surface area contributed by atoms with E-state index in [1.54, 1.807) is 0 Å². The largest absolute Gasteiger partial charge is 0.462 e. The van der Waals surface area contributed by atoms with Crippen LogP contribution in [0.4, 0.5) is 0 Å². The summed E-state index contributed by atoms with van der Waals surface area (Å²) in [5, 5.41) is 0. The van der Waals surface area contributed by atoms with Gasteiger partial charge in [0.1, 0.15) is 0 Å². The van der Waals surface area contributed by atoms with Crippen molar-refractivity contribution in [2.45, 2.75) is 27.2 Å². The van der Waals surface area contributed by atoms with Crippen molar-refractivity contribution in [3.05, 3.63) is 12.2 Å². The molecule has 0 aromatic heterocycles. The summed E-state index contributed by atoms with van der Waals surface area (Å²) in [4.78, 5) is 25.2. The number of rotatable bonds is 9. The van der Waals surface area contributed by atoms with Crippen LogP contribution in [0.5, 0.6) is 0 Å². The SMILES string of the molecule is CC(C)C(C)COC(=O)/C=C/C(=O)OCCCN1CCOCC1. The van der Waals surface area contributed by atoms with Crippen LogP contribution in [0.15, 0.2) is 12.2 Å². The average molecular weight is 327 g/mol. The second-order valence-electron chi connectivity index (χ2n) is 6.16. The van der Waals surface area contributed by atoms with E-state index in [0.29, 0.717) is 25.0 Å². The lowest BCUT2D eigenvalue weighted by molar-refractivity contribution is -0.141. The van der Waals surface area contributed by atoms with Crippen molar-refractivity contribution in [1.29, 1.82) is 0 Å². The predicted molar refractivity (Wildman–Crippen MR) is 86.9 cm³/mol. The Balaban J connectivity index is 2.08. The van der Waals surface area contributed by atoms with Crippen molar-refractivity contribution in [2.75, 3.05) is 46.1 Å². The highest BCUT2D eigenvalue weighted by atomic mass is 16.5. The van der Waals surface area contributed by atoms with E-state index in [1.165, 1.54) is 0 Å². The van der Waals surface area contributed by atoms with E-state index in [0.717, 1.165) is 51.4 Å². The van der Waals surface area contributed by atoms with Gasteiger partial charge in [-0.2, -0.15) is 0 Å². The summed E-state index contributed by atoms with van der Waals surface area (Å²) >= 11 is 0. The number of hydrogen-bond donors (Lipinski definition) is 0. The molecule has 0 N–H and O–H groups in total. The van der Waals surface area contributed by atoms with Gasteiger partial charge < -0.3 is 14.2 Å². The molecule has 0 saturated carbocycles. The summed E-state index contributed by atoms with van der Waals surface area (Å²) in [6.45, 7) is 11.1. The summed E-state index contributed by atoms with van der Waals surface area (Å²) in [6.07, 6.45) is 3.02. The second-order valence-corrected chi connectivity index (χ2v) is 6.16. The minimum atomic E-state index is -0.513. The van der Waals surface area contributed by atoms with Gasteiger partial charge in [-0.1, -0.05) is 20.8 Å². The lowest BCUT2D eigenvalue weighted by atomic mass is 9.99. The zero-order valence-electron chi connectivity index (χ0n) is 14.5. The zero-order valence-corrected chi connectivity index (χ0v) is 14.5. The fourth-order valence-electron chi connectivity index (χ4n) is 1.92. The number of morpholine rings is 1. The van der Waals surface area contributed by atoms with Gasteiger partial charge in [0.25, 0.3) is 0 Å². The number of ether oxygens (including phenoxy) is 3. The molecule has 6 heteroatoms. The first-order valence-corrected chi connectivity index (χ1v) is 8.30. The van der Waals surface area contributed by atoms with Crippen LogP contribution < -0.4 is 0 Å².